The van der Waals surface area contributed by atoms with Gasteiger partial charge in [0.1, 0.15) is 5.76 Å². The second-order valence-corrected chi connectivity index (χ2v) is 5.62. The highest BCUT2D eigenvalue weighted by molar-refractivity contribution is 5.96. The van der Waals surface area contributed by atoms with Crippen LogP contribution >= 0.6 is 0 Å². The molecule has 2 N–H and O–H groups in total. The number of carboxylic acids is 2. The summed E-state index contributed by atoms with van der Waals surface area (Å²) in [5.41, 5.74) is 2.27. The fraction of sp³-hybridized carbons (Fsp3) is 0.100. The lowest BCUT2D eigenvalue weighted by molar-refractivity contribution is -0.136. The van der Waals surface area contributed by atoms with Gasteiger partial charge in [0.25, 0.3) is 0 Å². The molecule has 3 rings (SSSR count). The molecule has 0 unspecified atom stereocenters. The van der Waals surface area contributed by atoms with Gasteiger partial charge in [-0.25, -0.2) is 4.79 Å². The molecule has 0 spiro atoms. The smallest absolute Gasteiger partial charge is 0.328 e. The molecule has 0 aliphatic carbocycles. The van der Waals surface area contributed by atoms with Crippen molar-refractivity contribution in [1.29, 1.82) is 0 Å². The van der Waals surface area contributed by atoms with Gasteiger partial charge >= 0.3 is 11.9 Å². The first-order valence-corrected chi connectivity index (χ1v) is 7.81. The van der Waals surface area contributed by atoms with E-state index in [1.165, 1.54) is 13.2 Å². The summed E-state index contributed by atoms with van der Waals surface area (Å²) in [6.45, 7) is 0. The predicted octanol–water partition coefficient (Wildman–Crippen LogP) is 3.83. The number of aliphatic carboxylic acids is 2. The van der Waals surface area contributed by atoms with Crippen LogP contribution in [0.2, 0.25) is 0 Å². The number of fused-ring (bicyclic) bond motifs is 1. The van der Waals surface area contributed by atoms with Crippen LogP contribution in [0.4, 0.5) is 0 Å². The topological polar surface area (TPSA) is 97.0 Å². The van der Waals surface area contributed by atoms with Crippen molar-refractivity contribution in [2.45, 2.75) is 6.42 Å². The summed E-state index contributed by atoms with van der Waals surface area (Å²) in [5, 5.41) is 18.7. The van der Waals surface area contributed by atoms with E-state index >= 15 is 0 Å². The Labute approximate surface area is 148 Å². The quantitative estimate of drug-likeness (QED) is 0.654. The minimum atomic E-state index is -1.08. The number of benzene rings is 2. The fourth-order valence-electron chi connectivity index (χ4n) is 2.80. The molecular formula is C20H16O6. The molecule has 0 saturated heterocycles. The molecular weight excluding hydrogens is 336 g/mol. The van der Waals surface area contributed by atoms with Gasteiger partial charge in [0.2, 0.25) is 0 Å². The number of carboxylic acid groups (broad SMARTS) is 2. The normalized spacial score (nSPS) is 11.1. The van der Waals surface area contributed by atoms with Crippen molar-refractivity contribution in [2.75, 3.05) is 7.11 Å². The lowest BCUT2D eigenvalue weighted by Gasteiger charge is -2.03. The number of hydrogen-bond acceptors (Lipinski definition) is 4. The Balaban J connectivity index is 2.28. The van der Waals surface area contributed by atoms with E-state index in [-0.39, 0.29) is 6.42 Å². The number of methoxy groups -OCH3 is 1. The zero-order valence-electron chi connectivity index (χ0n) is 13.9. The fourth-order valence-corrected chi connectivity index (χ4v) is 2.80. The Morgan fingerprint density at radius 2 is 1.88 bits per heavy atom. The van der Waals surface area contributed by atoms with Gasteiger partial charge < -0.3 is 19.4 Å². The Hall–Kier alpha value is -3.54. The van der Waals surface area contributed by atoms with Crippen molar-refractivity contribution >= 4 is 29.0 Å². The molecule has 0 amide bonds. The monoisotopic (exact) mass is 352 g/mol. The van der Waals surface area contributed by atoms with Crippen LogP contribution in [0.1, 0.15) is 11.1 Å². The van der Waals surface area contributed by atoms with E-state index in [9.17, 15) is 14.7 Å². The average molecular weight is 352 g/mol. The number of hydrogen-bond donors (Lipinski definition) is 2. The molecule has 0 radical (unpaired) electrons. The van der Waals surface area contributed by atoms with Crippen molar-refractivity contribution < 1.29 is 29.0 Å². The van der Waals surface area contributed by atoms with Crippen LogP contribution in [0.3, 0.4) is 0 Å². The largest absolute Gasteiger partial charge is 0.493 e. The molecule has 0 aliphatic heterocycles. The Bertz CT molecular complexity index is 998. The summed E-state index contributed by atoms with van der Waals surface area (Å²) in [5.74, 6) is -1.20. The molecule has 2 aromatic carbocycles. The number of carbonyl (C=O) groups is 2. The van der Waals surface area contributed by atoms with Gasteiger partial charge in [0.15, 0.2) is 11.3 Å². The number of furan rings is 1. The molecule has 132 valence electrons. The molecule has 0 aliphatic rings. The zero-order valence-corrected chi connectivity index (χ0v) is 13.9. The van der Waals surface area contributed by atoms with Gasteiger partial charge in [-0.2, -0.15) is 0 Å². The van der Waals surface area contributed by atoms with Crippen LogP contribution in [0, 0.1) is 0 Å². The maximum Gasteiger partial charge on any atom is 0.328 e. The molecule has 26 heavy (non-hydrogen) atoms. The summed E-state index contributed by atoms with van der Waals surface area (Å²) >= 11 is 0. The lowest BCUT2D eigenvalue weighted by Crippen LogP contribution is -2.00. The average Bonchev–Trinajstić information content (AvgIpc) is 2.98. The third kappa shape index (κ3) is 3.44. The summed E-state index contributed by atoms with van der Waals surface area (Å²) in [6, 6.07) is 12.5. The van der Waals surface area contributed by atoms with Gasteiger partial charge in [-0.3, -0.25) is 4.79 Å². The van der Waals surface area contributed by atoms with E-state index in [4.69, 9.17) is 14.3 Å². The summed E-state index contributed by atoms with van der Waals surface area (Å²) < 4.78 is 11.3. The van der Waals surface area contributed by atoms with Crippen LogP contribution in [0.25, 0.3) is 28.4 Å². The number of rotatable bonds is 6. The Morgan fingerprint density at radius 1 is 1.15 bits per heavy atom. The van der Waals surface area contributed by atoms with Crippen molar-refractivity contribution in [1.82, 2.24) is 0 Å². The predicted molar refractivity (Wildman–Crippen MR) is 96.2 cm³/mol. The van der Waals surface area contributed by atoms with Crippen LogP contribution in [0.5, 0.6) is 5.75 Å². The molecule has 0 atom stereocenters. The Kier molecular flexibility index (Phi) is 4.75. The molecule has 6 heteroatoms. The highest BCUT2D eigenvalue weighted by Crippen LogP contribution is 2.39. The van der Waals surface area contributed by atoms with E-state index in [1.54, 1.807) is 12.1 Å². The SMILES string of the molecule is COc1cc(C=CC(=O)O)cc2c(CC(=O)O)c(-c3ccccc3)oc12. The first-order valence-electron chi connectivity index (χ1n) is 7.81. The maximum atomic E-state index is 11.4. The van der Waals surface area contributed by atoms with E-state index in [0.717, 1.165) is 11.6 Å². The van der Waals surface area contributed by atoms with Gasteiger partial charge in [-0.05, 0) is 23.8 Å². The highest BCUT2D eigenvalue weighted by atomic mass is 16.5. The minimum Gasteiger partial charge on any atom is -0.493 e. The first-order chi connectivity index (χ1) is 12.5. The van der Waals surface area contributed by atoms with Crippen molar-refractivity contribution in [3.05, 3.63) is 59.7 Å². The lowest BCUT2D eigenvalue weighted by atomic mass is 10.0. The molecule has 3 aromatic rings. The van der Waals surface area contributed by atoms with E-state index < -0.39 is 11.9 Å². The summed E-state index contributed by atoms with van der Waals surface area (Å²) in [7, 11) is 1.47. The third-order valence-corrected chi connectivity index (χ3v) is 3.88. The number of ether oxygens (including phenoxy) is 1. The van der Waals surface area contributed by atoms with Crippen molar-refractivity contribution in [3.8, 4) is 17.1 Å². The standard InChI is InChI=1S/C20H16O6/c1-25-16-10-12(7-8-17(21)22)9-14-15(11-18(23)24)19(26-20(14)16)13-5-3-2-4-6-13/h2-10H,11H2,1H3,(H,21,22)(H,23,24). The van der Waals surface area contributed by atoms with Crippen LogP contribution < -0.4 is 4.74 Å². The maximum absolute atomic E-state index is 11.4. The zero-order chi connectivity index (χ0) is 18.7. The van der Waals surface area contributed by atoms with Crippen LogP contribution in [-0.4, -0.2) is 29.3 Å². The Morgan fingerprint density at radius 3 is 2.50 bits per heavy atom. The second-order valence-electron chi connectivity index (χ2n) is 5.62. The van der Waals surface area contributed by atoms with Crippen molar-refractivity contribution in [3.63, 3.8) is 0 Å². The minimum absolute atomic E-state index is 0.230. The molecule has 0 saturated carbocycles. The summed E-state index contributed by atoms with van der Waals surface area (Å²) in [6.07, 6.45) is 2.20. The molecule has 1 heterocycles. The van der Waals surface area contributed by atoms with Gasteiger partial charge in [-0.1, -0.05) is 30.3 Å². The third-order valence-electron chi connectivity index (χ3n) is 3.88. The highest BCUT2D eigenvalue weighted by Gasteiger charge is 2.21. The molecule has 6 nitrogen and oxygen atoms in total. The van der Waals surface area contributed by atoms with E-state index in [1.807, 2.05) is 30.3 Å². The molecule has 0 bridgehead atoms. The van der Waals surface area contributed by atoms with Crippen molar-refractivity contribution in [2.24, 2.45) is 0 Å². The summed E-state index contributed by atoms with van der Waals surface area (Å²) in [4.78, 5) is 22.2. The van der Waals surface area contributed by atoms with E-state index in [0.29, 0.717) is 33.6 Å². The van der Waals surface area contributed by atoms with Gasteiger partial charge in [-0.15, -0.1) is 0 Å². The first kappa shape index (κ1) is 17.3. The van der Waals surface area contributed by atoms with E-state index in [2.05, 4.69) is 0 Å². The molecule has 1 aromatic heterocycles. The van der Waals surface area contributed by atoms with Gasteiger partial charge in [0, 0.05) is 22.6 Å². The second kappa shape index (κ2) is 7.14. The van der Waals surface area contributed by atoms with Crippen LogP contribution in [0.15, 0.2) is 53.0 Å². The molecule has 0 fully saturated rings. The van der Waals surface area contributed by atoms with Crippen LogP contribution in [-0.2, 0) is 16.0 Å². The van der Waals surface area contributed by atoms with Gasteiger partial charge in [0.05, 0.1) is 13.5 Å².